The van der Waals surface area contributed by atoms with Crippen LogP contribution in [0.5, 0.6) is 5.75 Å². The van der Waals surface area contributed by atoms with Crippen LogP contribution in [0, 0.1) is 6.92 Å². The minimum Gasteiger partial charge on any atom is -0.489 e. The van der Waals surface area contributed by atoms with Crippen molar-refractivity contribution in [1.29, 1.82) is 0 Å². The first-order valence-electron chi connectivity index (χ1n) is 8.03. The Hall–Kier alpha value is -2.60. The first-order valence-corrected chi connectivity index (χ1v) is 8.90. The summed E-state index contributed by atoms with van der Waals surface area (Å²) < 4.78 is 7.62. The molecule has 0 spiro atoms. The van der Waals surface area contributed by atoms with Crippen molar-refractivity contribution in [2.24, 2.45) is 7.05 Å². The second kappa shape index (κ2) is 7.53. The van der Waals surface area contributed by atoms with Crippen molar-refractivity contribution in [3.63, 3.8) is 0 Å². The number of hydrogen-bond acceptors (Lipinski definition) is 4. The van der Waals surface area contributed by atoms with Crippen LogP contribution in [-0.4, -0.2) is 27.6 Å². The number of benzene rings is 1. The molecule has 0 saturated heterocycles. The predicted octanol–water partition coefficient (Wildman–Crippen LogP) is 3.64. The van der Waals surface area contributed by atoms with Crippen LogP contribution in [0.1, 0.15) is 26.5 Å². The average Bonchev–Trinajstić information content (AvgIpc) is 3.23. The molecule has 0 fully saturated rings. The number of amides is 1. The Morgan fingerprint density at radius 1 is 1.32 bits per heavy atom. The third-order valence-corrected chi connectivity index (χ3v) is 4.99. The fraction of sp³-hybridized carbons (Fsp3) is 0.263. The molecule has 0 aliphatic carbocycles. The number of ether oxygens (including phenoxy) is 1. The van der Waals surface area contributed by atoms with Gasteiger partial charge in [0.05, 0.1) is 17.1 Å². The zero-order chi connectivity index (χ0) is 17.8. The lowest BCUT2D eigenvalue weighted by molar-refractivity contribution is 0.0786. The van der Waals surface area contributed by atoms with Crippen LogP contribution in [0.2, 0.25) is 0 Å². The molecule has 3 rings (SSSR count). The van der Waals surface area contributed by atoms with Gasteiger partial charge in [-0.05, 0) is 36.1 Å². The molecule has 130 valence electrons. The van der Waals surface area contributed by atoms with Gasteiger partial charge in [0.1, 0.15) is 12.4 Å². The van der Waals surface area contributed by atoms with E-state index in [4.69, 9.17) is 4.74 Å². The SMILES string of the molecule is Cc1ccccc1OCc1csc(C(=O)N(C)Cc2ccnn2C)c1. The van der Waals surface area contributed by atoms with E-state index in [2.05, 4.69) is 5.10 Å². The molecule has 6 heteroatoms. The van der Waals surface area contributed by atoms with Gasteiger partial charge in [0.25, 0.3) is 5.91 Å². The summed E-state index contributed by atoms with van der Waals surface area (Å²) in [7, 11) is 3.68. The molecule has 0 bridgehead atoms. The van der Waals surface area contributed by atoms with Crippen molar-refractivity contribution in [2.75, 3.05) is 7.05 Å². The molecule has 0 unspecified atom stereocenters. The van der Waals surface area contributed by atoms with Crippen molar-refractivity contribution in [3.8, 4) is 5.75 Å². The Bertz CT molecular complexity index is 869. The van der Waals surface area contributed by atoms with E-state index in [1.807, 2.05) is 55.7 Å². The van der Waals surface area contributed by atoms with E-state index in [9.17, 15) is 4.79 Å². The van der Waals surface area contributed by atoms with Gasteiger partial charge in [-0.1, -0.05) is 18.2 Å². The summed E-state index contributed by atoms with van der Waals surface area (Å²) in [5, 5.41) is 6.11. The van der Waals surface area contributed by atoms with E-state index >= 15 is 0 Å². The Morgan fingerprint density at radius 3 is 2.84 bits per heavy atom. The number of aryl methyl sites for hydroxylation is 2. The molecule has 0 N–H and O–H groups in total. The molecule has 2 aromatic heterocycles. The largest absolute Gasteiger partial charge is 0.489 e. The smallest absolute Gasteiger partial charge is 0.264 e. The molecular formula is C19H21N3O2S. The van der Waals surface area contributed by atoms with Gasteiger partial charge in [-0.15, -0.1) is 11.3 Å². The molecule has 5 nitrogen and oxygen atoms in total. The van der Waals surface area contributed by atoms with Crippen molar-refractivity contribution in [3.05, 3.63) is 69.7 Å². The van der Waals surface area contributed by atoms with Gasteiger partial charge in [0.2, 0.25) is 0 Å². The zero-order valence-electron chi connectivity index (χ0n) is 14.6. The minimum absolute atomic E-state index is 0.00772. The Kier molecular flexibility index (Phi) is 5.19. The minimum atomic E-state index is 0.00772. The summed E-state index contributed by atoms with van der Waals surface area (Å²) in [6, 6.07) is 11.7. The maximum Gasteiger partial charge on any atom is 0.264 e. The van der Waals surface area contributed by atoms with Crippen LogP contribution in [0.4, 0.5) is 0 Å². The molecule has 1 amide bonds. The normalized spacial score (nSPS) is 10.7. The van der Waals surface area contributed by atoms with Gasteiger partial charge in [0.15, 0.2) is 0 Å². The third kappa shape index (κ3) is 4.09. The quantitative estimate of drug-likeness (QED) is 0.678. The summed E-state index contributed by atoms with van der Waals surface area (Å²) in [5.74, 6) is 0.878. The Balaban J connectivity index is 1.61. The van der Waals surface area contributed by atoms with E-state index in [1.54, 1.807) is 22.8 Å². The number of hydrogen-bond donors (Lipinski definition) is 0. The summed E-state index contributed by atoms with van der Waals surface area (Å²) in [6.45, 7) is 3.01. The number of para-hydroxylation sites is 1. The van der Waals surface area contributed by atoms with Crippen LogP contribution < -0.4 is 4.74 Å². The molecule has 3 aromatic rings. The molecule has 0 atom stereocenters. The van der Waals surface area contributed by atoms with E-state index in [1.165, 1.54) is 11.3 Å². The van der Waals surface area contributed by atoms with E-state index in [-0.39, 0.29) is 5.91 Å². The highest BCUT2D eigenvalue weighted by molar-refractivity contribution is 7.12. The summed E-state index contributed by atoms with van der Waals surface area (Å²) in [5.41, 5.74) is 3.10. The maximum atomic E-state index is 12.6. The first kappa shape index (κ1) is 17.2. The van der Waals surface area contributed by atoms with Crippen LogP contribution in [0.3, 0.4) is 0 Å². The molecular weight excluding hydrogens is 334 g/mol. The highest BCUT2D eigenvalue weighted by Crippen LogP contribution is 2.21. The van der Waals surface area contributed by atoms with Gasteiger partial charge in [-0.3, -0.25) is 9.48 Å². The van der Waals surface area contributed by atoms with Crippen molar-refractivity contribution in [2.45, 2.75) is 20.1 Å². The molecule has 1 aromatic carbocycles. The Labute approximate surface area is 151 Å². The van der Waals surface area contributed by atoms with Crippen LogP contribution >= 0.6 is 11.3 Å². The molecule has 0 aliphatic heterocycles. The monoisotopic (exact) mass is 355 g/mol. The van der Waals surface area contributed by atoms with Gasteiger partial charge < -0.3 is 9.64 Å². The fourth-order valence-corrected chi connectivity index (χ4v) is 3.39. The number of rotatable bonds is 6. The van der Waals surface area contributed by atoms with Gasteiger partial charge in [0, 0.05) is 25.9 Å². The highest BCUT2D eigenvalue weighted by Gasteiger charge is 2.16. The molecule has 2 heterocycles. The third-order valence-electron chi connectivity index (χ3n) is 4.02. The number of aromatic nitrogens is 2. The number of carbonyl (C=O) groups is 1. The zero-order valence-corrected chi connectivity index (χ0v) is 15.4. The van der Waals surface area contributed by atoms with E-state index < -0.39 is 0 Å². The topological polar surface area (TPSA) is 47.4 Å². The molecule has 0 saturated carbocycles. The van der Waals surface area contributed by atoms with E-state index in [0.29, 0.717) is 18.0 Å². The second-order valence-electron chi connectivity index (χ2n) is 5.98. The van der Waals surface area contributed by atoms with Crippen LogP contribution in [0.15, 0.2) is 48.0 Å². The fourth-order valence-electron chi connectivity index (χ4n) is 2.50. The molecule has 0 aliphatic rings. The predicted molar refractivity (Wildman–Crippen MR) is 98.8 cm³/mol. The van der Waals surface area contributed by atoms with Crippen molar-refractivity contribution >= 4 is 17.2 Å². The maximum absolute atomic E-state index is 12.6. The summed E-state index contributed by atoms with van der Waals surface area (Å²) >= 11 is 1.45. The van der Waals surface area contributed by atoms with Crippen LogP contribution in [-0.2, 0) is 20.2 Å². The second-order valence-corrected chi connectivity index (χ2v) is 6.89. The lowest BCUT2D eigenvalue weighted by Gasteiger charge is -2.16. The average molecular weight is 355 g/mol. The standard InChI is InChI=1S/C19H21N3O2S/c1-14-6-4-5-7-17(14)24-12-15-10-18(25-13-15)19(23)21(2)11-16-8-9-20-22(16)3/h4-10,13H,11-12H2,1-3H3. The molecule has 25 heavy (non-hydrogen) atoms. The summed E-state index contributed by atoms with van der Waals surface area (Å²) in [4.78, 5) is 15.0. The molecule has 0 radical (unpaired) electrons. The number of nitrogens with zero attached hydrogens (tertiary/aromatic N) is 3. The van der Waals surface area contributed by atoms with Crippen molar-refractivity contribution < 1.29 is 9.53 Å². The lowest BCUT2D eigenvalue weighted by Crippen LogP contribution is -2.26. The van der Waals surface area contributed by atoms with Crippen LogP contribution in [0.25, 0.3) is 0 Å². The summed E-state index contributed by atoms with van der Waals surface area (Å²) in [6.07, 6.45) is 1.74. The lowest BCUT2D eigenvalue weighted by atomic mass is 10.2. The van der Waals surface area contributed by atoms with Gasteiger partial charge >= 0.3 is 0 Å². The van der Waals surface area contributed by atoms with Gasteiger partial charge in [-0.25, -0.2) is 0 Å². The van der Waals surface area contributed by atoms with Gasteiger partial charge in [-0.2, -0.15) is 5.10 Å². The van der Waals surface area contributed by atoms with Crippen molar-refractivity contribution in [1.82, 2.24) is 14.7 Å². The first-order chi connectivity index (χ1) is 12.0. The highest BCUT2D eigenvalue weighted by atomic mass is 32.1. The number of carbonyl (C=O) groups excluding carboxylic acids is 1. The Morgan fingerprint density at radius 2 is 2.12 bits per heavy atom. The van der Waals surface area contributed by atoms with E-state index in [0.717, 1.165) is 22.6 Å². The number of thiophene rings is 1.